The maximum absolute atomic E-state index is 12.8. The van der Waals surface area contributed by atoms with Gasteiger partial charge in [-0.25, -0.2) is 0 Å². The summed E-state index contributed by atoms with van der Waals surface area (Å²) < 4.78 is 2.11. The molecule has 2 heterocycles. The molecule has 0 unspecified atom stereocenters. The summed E-state index contributed by atoms with van der Waals surface area (Å²) in [5.74, 6) is -0.566. The first-order chi connectivity index (χ1) is 15.5. The van der Waals surface area contributed by atoms with Crippen molar-refractivity contribution < 1.29 is 9.59 Å². The van der Waals surface area contributed by atoms with E-state index in [0.29, 0.717) is 40.2 Å². The van der Waals surface area contributed by atoms with E-state index in [-0.39, 0.29) is 17.0 Å². The van der Waals surface area contributed by atoms with E-state index in [4.69, 9.17) is 0 Å². The first kappa shape index (κ1) is 23.2. The lowest BCUT2D eigenvalue weighted by molar-refractivity contribution is -0.118. The summed E-state index contributed by atoms with van der Waals surface area (Å²) in [5.41, 5.74) is 0.985. The van der Waals surface area contributed by atoms with Crippen molar-refractivity contribution in [3.8, 4) is 6.07 Å². The number of rotatable bonds is 8. The number of likely N-dealkylation sites (tertiary alicyclic amines) is 1. The summed E-state index contributed by atoms with van der Waals surface area (Å²) in [6.07, 6.45) is 2.68. The van der Waals surface area contributed by atoms with Crippen molar-refractivity contribution in [2.75, 3.05) is 36.8 Å². The minimum Gasteiger partial charge on any atom is -0.360 e. The van der Waals surface area contributed by atoms with Crippen LogP contribution in [0.3, 0.4) is 0 Å². The maximum Gasteiger partial charge on any atom is 0.270 e. The van der Waals surface area contributed by atoms with Crippen LogP contribution in [0.15, 0.2) is 29.1 Å². The molecule has 1 aromatic carbocycles. The largest absolute Gasteiger partial charge is 0.360 e. The van der Waals surface area contributed by atoms with Gasteiger partial charge in [-0.15, -0.1) is 11.3 Å². The molecular formula is C22H26N6O3S. The van der Waals surface area contributed by atoms with Gasteiger partial charge in [0.15, 0.2) is 5.57 Å². The molecule has 0 aliphatic carbocycles. The number of hydrogen-bond acceptors (Lipinski definition) is 7. The Bertz CT molecular complexity index is 1220. The number of thiazole rings is 1. The average molecular weight is 455 g/mol. The van der Waals surface area contributed by atoms with Gasteiger partial charge >= 0.3 is 0 Å². The Kier molecular flexibility index (Phi) is 7.81. The molecule has 0 spiro atoms. The summed E-state index contributed by atoms with van der Waals surface area (Å²) in [6.45, 7) is 6.55. The standard InChI is InChI=1S/C22H26N6O3S/c1-3-24-20(30)17(12-23)22-28(4-2)21(31)18(32-22)13-25-15-7-5-8-16(11-15)26-19(29)14-27-9-6-10-27/h5,7-8,11,13,25H,3-4,6,9-10,14H2,1-2H3,(H,24,30)(H,26,29). The highest BCUT2D eigenvalue weighted by molar-refractivity contribution is 7.07. The van der Waals surface area contributed by atoms with Crippen molar-refractivity contribution in [3.63, 3.8) is 0 Å². The predicted molar refractivity (Wildman–Crippen MR) is 125 cm³/mol. The van der Waals surface area contributed by atoms with Gasteiger partial charge in [-0.05, 0) is 51.6 Å². The Balaban J connectivity index is 1.84. The monoisotopic (exact) mass is 454 g/mol. The van der Waals surface area contributed by atoms with E-state index in [2.05, 4.69) is 20.9 Å². The number of carbonyl (C=O) groups excluding carboxylic acids is 2. The Labute approximate surface area is 189 Å². The predicted octanol–water partition coefficient (Wildman–Crippen LogP) is 0.234. The van der Waals surface area contributed by atoms with E-state index >= 15 is 0 Å². The fourth-order valence-corrected chi connectivity index (χ4v) is 4.30. The van der Waals surface area contributed by atoms with E-state index in [1.54, 1.807) is 38.2 Å². The van der Waals surface area contributed by atoms with Gasteiger partial charge in [-0.2, -0.15) is 5.26 Å². The highest BCUT2D eigenvalue weighted by Crippen LogP contribution is 2.15. The van der Waals surface area contributed by atoms with Gasteiger partial charge in [0.25, 0.3) is 11.5 Å². The van der Waals surface area contributed by atoms with Crippen molar-refractivity contribution in [2.24, 2.45) is 0 Å². The van der Waals surface area contributed by atoms with Gasteiger partial charge in [0.1, 0.15) is 15.3 Å². The third kappa shape index (κ3) is 5.43. The van der Waals surface area contributed by atoms with Crippen LogP contribution in [0, 0.1) is 11.3 Å². The molecule has 3 rings (SSSR count). The zero-order chi connectivity index (χ0) is 23.1. The van der Waals surface area contributed by atoms with Gasteiger partial charge in [0, 0.05) is 30.7 Å². The van der Waals surface area contributed by atoms with Crippen LogP contribution >= 0.6 is 11.3 Å². The number of amides is 2. The zero-order valence-electron chi connectivity index (χ0n) is 18.1. The average Bonchev–Trinajstić information content (AvgIpc) is 3.05. The molecule has 1 aliphatic rings. The van der Waals surface area contributed by atoms with E-state index in [0.717, 1.165) is 30.8 Å². The van der Waals surface area contributed by atoms with Crippen LogP contribution in [0.25, 0.3) is 11.8 Å². The van der Waals surface area contributed by atoms with Gasteiger partial charge in [-0.3, -0.25) is 23.9 Å². The SMILES string of the molecule is CCNC(=O)C(C#N)=c1sc(=CNc2cccc(NC(=O)CN3CCC3)c2)c(=O)n1CC. The summed E-state index contributed by atoms with van der Waals surface area (Å²) in [4.78, 5) is 39.2. The van der Waals surface area contributed by atoms with Crippen molar-refractivity contribution >= 4 is 46.3 Å². The highest BCUT2D eigenvalue weighted by atomic mass is 32.1. The van der Waals surface area contributed by atoms with Crippen molar-refractivity contribution in [2.45, 2.75) is 26.8 Å². The van der Waals surface area contributed by atoms with Gasteiger partial charge in [0.2, 0.25) is 5.91 Å². The quantitative estimate of drug-likeness (QED) is 0.526. The molecule has 1 aliphatic heterocycles. The molecule has 3 N–H and O–H groups in total. The molecule has 0 bridgehead atoms. The van der Waals surface area contributed by atoms with Crippen LogP contribution in [0.4, 0.5) is 11.4 Å². The third-order valence-electron chi connectivity index (χ3n) is 4.95. The fraction of sp³-hybridized carbons (Fsp3) is 0.364. The molecule has 10 heteroatoms. The van der Waals surface area contributed by atoms with Crippen LogP contribution in [0.5, 0.6) is 0 Å². The molecule has 1 saturated heterocycles. The molecule has 0 saturated carbocycles. The van der Waals surface area contributed by atoms with E-state index in [1.807, 2.05) is 12.1 Å². The smallest absolute Gasteiger partial charge is 0.270 e. The van der Waals surface area contributed by atoms with Crippen LogP contribution in [0.2, 0.25) is 0 Å². The lowest BCUT2D eigenvalue weighted by Crippen LogP contribution is -2.42. The lowest BCUT2D eigenvalue weighted by atomic mass is 10.2. The number of carbonyl (C=O) groups is 2. The normalized spacial score (nSPS) is 14.8. The van der Waals surface area contributed by atoms with Crippen LogP contribution < -0.4 is 30.7 Å². The number of nitrogens with zero attached hydrogens (tertiary/aromatic N) is 3. The summed E-state index contributed by atoms with van der Waals surface area (Å²) >= 11 is 1.08. The summed E-state index contributed by atoms with van der Waals surface area (Å²) in [6, 6.07) is 9.11. The Morgan fingerprint density at radius 2 is 2.00 bits per heavy atom. The summed E-state index contributed by atoms with van der Waals surface area (Å²) in [7, 11) is 0. The minimum atomic E-state index is -0.500. The zero-order valence-corrected chi connectivity index (χ0v) is 18.9. The van der Waals surface area contributed by atoms with Crippen LogP contribution in [0.1, 0.15) is 20.3 Å². The van der Waals surface area contributed by atoms with E-state index in [9.17, 15) is 19.6 Å². The number of nitriles is 1. The molecule has 0 radical (unpaired) electrons. The molecule has 2 aromatic rings. The molecule has 9 nitrogen and oxygen atoms in total. The number of hydrogen-bond donors (Lipinski definition) is 3. The third-order valence-corrected chi connectivity index (χ3v) is 6.08. The Morgan fingerprint density at radius 1 is 1.25 bits per heavy atom. The number of anilines is 2. The molecule has 1 aromatic heterocycles. The Morgan fingerprint density at radius 3 is 2.62 bits per heavy atom. The van der Waals surface area contributed by atoms with E-state index < -0.39 is 5.91 Å². The number of nitrogens with one attached hydrogen (secondary N) is 3. The minimum absolute atomic E-state index is 0.0653. The number of aromatic nitrogens is 1. The topological polar surface area (TPSA) is 119 Å². The van der Waals surface area contributed by atoms with E-state index in [1.165, 1.54) is 4.57 Å². The molecule has 1 fully saturated rings. The second-order valence-electron chi connectivity index (χ2n) is 7.21. The van der Waals surface area contributed by atoms with Gasteiger partial charge in [0.05, 0.1) is 6.54 Å². The van der Waals surface area contributed by atoms with Crippen molar-refractivity contribution in [1.82, 2.24) is 14.8 Å². The molecule has 168 valence electrons. The first-order valence-electron chi connectivity index (χ1n) is 10.5. The molecule has 2 amide bonds. The highest BCUT2D eigenvalue weighted by Gasteiger charge is 2.17. The second kappa shape index (κ2) is 10.7. The lowest BCUT2D eigenvalue weighted by Gasteiger charge is -2.29. The molecule has 0 atom stereocenters. The van der Waals surface area contributed by atoms with Gasteiger partial charge in [-0.1, -0.05) is 6.07 Å². The maximum atomic E-state index is 12.8. The fourth-order valence-electron chi connectivity index (χ4n) is 3.22. The molecule has 32 heavy (non-hydrogen) atoms. The van der Waals surface area contributed by atoms with Crippen molar-refractivity contribution in [3.05, 3.63) is 43.8 Å². The number of benzene rings is 1. The first-order valence-corrected chi connectivity index (χ1v) is 11.3. The second-order valence-corrected chi connectivity index (χ2v) is 8.25. The van der Waals surface area contributed by atoms with Gasteiger partial charge < -0.3 is 16.0 Å². The molecular weight excluding hydrogens is 428 g/mol. The summed E-state index contributed by atoms with van der Waals surface area (Å²) in [5, 5.41) is 18.0. The van der Waals surface area contributed by atoms with Crippen LogP contribution in [-0.4, -0.2) is 47.5 Å². The van der Waals surface area contributed by atoms with Crippen LogP contribution in [-0.2, 0) is 16.1 Å². The Hall–Kier alpha value is -3.42. The van der Waals surface area contributed by atoms with Crippen molar-refractivity contribution in [1.29, 1.82) is 5.26 Å².